The summed E-state index contributed by atoms with van der Waals surface area (Å²) in [7, 11) is 0. The van der Waals surface area contributed by atoms with Crippen molar-refractivity contribution in [3.05, 3.63) is 56.5 Å². The van der Waals surface area contributed by atoms with Gasteiger partial charge >= 0.3 is 0 Å². The molecule has 0 spiro atoms. The predicted molar refractivity (Wildman–Crippen MR) is 88.8 cm³/mol. The first-order chi connectivity index (χ1) is 9.56. The molecule has 0 saturated heterocycles. The molecule has 0 atom stereocenters. The summed E-state index contributed by atoms with van der Waals surface area (Å²) in [5.41, 5.74) is 7.66. The maximum absolute atomic E-state index is 6.09. The van der Waals surface area contributed by atoms with Crippen molar-refractivity contribution in [1.29, 1.82) is 0 Å². The molecule has 2 aromatic carbocycles. The number of nitrogens with two attached hydrogens (primary N) is 1. The van der Waals surface area contributed by atoms with E-state index in [2.05, 4.69) is 15.9 Å². The van der Waals surface area contributed by atoms with Crippen LogP contribution in [0.15, 0.2) is 40.9 Å². The number of nitrogen functional groups attached to an aromatic ring is 1. The molecule has 0 fully saturated rings. The van der Waals surface area contributed by atoms with Gasteiger partial charge in [0.1, 0.15) is 5.75 Å². The molecule has 2 rings (SSSR count). The molecule has 20 heavy (non-hydrogen) atoms. The molecule has 0 amide bonds. The topological polar surface area (TPSA) is 35.2 Å². The van der Waals surface area contributed by atoms with E-state index in [9.17, 15) is 0 Å². The van der Waals surface area contributed by atoms with Gasteiger partial charge in [-0.25, -0.2) is 0 Å². The van der Waals surface area contributed by atoms with Gasteiger partial charge < -0.3 is 10.5 Å². The first-order valence-corrected chi connectivity index (χ1v) is 7.73. The normalized spacial score (nSPS) is 10.6. The molecule has 0 aliphatic rings. The van der Waals surface area contributed by atoms with Gasteiger partial charge in [-0.1, -0.05) is 35.3 Å². The van der Waals surface area contributed by atoms with E-state index in [4.69, 9.17) is 33.7 Å². The molecule has 0 bridgehead atoms. The van der Waals surface area contributed by atoms with Crippen molar-refractivity contribution in [1.82, 2.24) is 0 Å². The zero-order valence-corrected chi connectivity index (χ0v) is 13.8. The van der Waals surface area contributed by atoms with Crippen LogP contribution in [0.25, 0.3) is 0 Å². The lowest BCUT2D eigenvalue weighted by Gasteiger charge is -2.09. The fourth-order valence-electron chi connectivity index (χ4n) is 1.76. The van der Waals surface area contributed by atoms with E-state index in [-0.39, 0.29) is 0 Å². The number of aryl methyl sites for hydroxylation is 1. The van der Waals surface area contributed by atoms with Crippen LogP contribution >= 0.6 is 39.1 Å². The van der Waals surface area contributed by atoms with Crippen LogP contribution in [0, 0.1) is 0 Å². The van der Waals surface area contributed by atoms with E-state index in [1.54, 1.807) is 12.1 Å². The zero-order valence-electron chi connectivity index (χ0n) is 10.7. The van der Waals surface area contributed by atoms with E-state index < -0.39 is 0 Å². The lowest BCUT2D eigenvalue weighted by Crippen LogP contribution is -2.00. The third kappa shape index (κ3) is 4.30. The van der Waals surface area contributed by atoms with Crippen molar-refractivity contribution in [2.24, 2.45) is 0 Å². The van der Waals surface area contributed by atoms with Crippen molar-refractivity contribution in [3.63, 3.8) is 0 Å². The van der Waals surface area contributed by atoms with Gasteiger partial charge in [0, 0.05) is 16.2 Å². The maximum Gasteiger partial charge on any atom is 0.139 e. The average molecular weight is 375 g/mol. The molecule has 0 heterocycles. The van der Waals surface area contributed by atoms with Crippen molar-refractivity contribution in [2.45, 2.75) is 12.8 Å². The fourth-order valence-corrected chi connectivity index (χ4v) is 2.60. The summed E-state index contributed by atoms with van der Waals surface area (Å²) in [6.45, 7) is 0.585. The van der Waals surface area contributed by atoms with E-state index in [0.717, 1.165) is 23.0 Å². The largest absolute Gasteiger partial charge is 0.492 e. The summed E-state index contributed by atoms with van der Waals surface area (Å²) in [5, 5.41) is 1.14. The van der Waals surface area contributed by atoms with Gasteiger partial charge in [0.2, 0.25) is 0 Å². The second-order valence-corrected chi connectivity index (χ2v) is 6.06. The van der Waals surface area contributed by atoms with Crippen LogP contribution in [0.1, 0.15) is 12.0 Å². The number of ether oxygens (including phenoxy) is 1. The molecule has 0 unspecified atom stereocenters. The highest BCUT2D eigenvalue weighted by atomic mass is 79.9. The highest BCUT2D eigenvalue weighted by molar-refractivity contribution is 9.10. The Labute approximate surface area is 137 Å². The van der Waals surface area contributed by atoms with Gasteiger partial charge in [0.15, 0.2) is 0 Å². The number of hydrogen-bond donors (Lipinski definition) is 1. The molecule has 0 aliphatic heterocycles. The van der Waals surface area contributed by atoms with Gasteiger partial charge in [-0.2, -0.15) is 0 Å². The van der Waals surface area contributed by atoms with Crippen LogP contribution in [0.5, 0.6) is 5.75 Å². The molecule has 2 nitrogen and oxygen atoms in total. The lowest BCUT2D eigenvalue weighted by molar-refractivity contribution is 0.311. The molecule has 2 N–H and O–H groups in total. The summed E-state index contributed by atoms with van der Waals surface area (Å²) in [4.78, 5) is 0. The van der Waals surface area contributed by atoms with Gasteiger partial charge in [-0.3, -0.25) is 0 Å². The Bertz CT molecular complexity index is 587. The number of hydrogen-bond acceptors (Lipinski definition) is 2. The maximum atomic E-state index is 6.09. The van der Waals surface area contributed by atoms with Crippen LogP contribution in [-0.4, -0.2) is 6.61 Å². The minimum Gasteiger partial charge on any atom is -0.492 e. The van der Waals surface area contributed by atoms with Crippen LogP contribution in [0.4, 0.5) is 5.69 Å². The standard InChI is InChI=1S/C15H14BrCl2NO/c16-12-8-14(18)15(9-13(12)17)20-7-1-2-10-3-5-11(19)6-4-10/h3-6,8-9H,1-2,7,19H2. The monoisotopic (exact) mass is 373 g/mol. The van der Waals surface area contributed by atoms with Crippen molar-refractivity contribution in [3.8, 4) is 5.75 Å². The van der Waals surface area contributed by atoms with E-state index in [1.165, 1.54) is 5.56 Å². The third-order valence-corrected chi connectivity index (χ3v) is 4.31. The number of anilines is 1. The molecule has 2 aromatic rings. The smallest absolute Gasteiger partial charge is 0.139 e. The quantitative estimate of drug-likeness (QED) is 0.435. The number of halogens is 3. The second kappa shape index (κ2) is 7.21. The SMILES string of the molecule is Nc1ccc(CCCOc2cc(Cl)c(Br)cc2Cl)cc1. The second-order valence-electron chi connectivity index (χ2n) is 4.39. The number of benzene rings is 2. The van der Waals surface area contributed by atoms with Crippen molar-refractivity contribution < 1.29 is 4.74 Å². The Morgan fingerprint density at radius 1 is 1.05 bits per heavy atom. The highest BCUT2D eigenvalue weighted by Crippen LogP contribution is 2.34. The molecule has 0 aliphatic carbocycles. The Hall–Kier alpha value is -0.900. The van der Waals surface area contributed by atoms with E-state index >= 15 is 0 Å². The van der Waals surface area contributed by atoms with Crippen LogP contribution in [-0.2, 0) is 6.42 Å². The minimum atomic E-state index is 0.550. The van der Waals surface area contributed by atoms with Crippen molar-refractivity contribution >= 4 is 44.8 Å². The summed E-state index contributed by atoms with van der Waals surface area (Å²) in [6, 6.07) is 11.3. The lowest BCUT2D eigenvalue weighted by atomic mass is 10.1. The third-order valence-electron chi connectivity index (χ3n) is 2.82. The van der Waals surface area contributed by atoms with Gasteiger partial charge in [0.05, 0.1) is 16.7 Å². The summed E-state index contributed by atoms with van der Waals surface area (Å²) in [6.07, 6.45) is 1.83. The Kier molecular flexibility index (Phi) is 5.58. The first kappa shape index (κ1) is 15.5. The van der Waals surface area contributed by atoms with Crippen molar-refractivity contribution in [2.75, 3.05) is 12.3 Å². The van der Waals surface area contributed by atoms with Gasteiger partial charge in [-0.05, 0) is 52.5 Å². The molecular formula is C15H14BrCl2NO. The molecule has 106 valence electrons. The van der Waals surface area contributed by atoms with Crippen LogP contribution < -0.4 is 10.5 Å². The predicted octanol–water partition coefficient (Wildman–Crippen LogP) is 5.35. The van der Waals surface area contributed by atoms with E-state index in [0.29, 0.717) is 22.4 Å². The Morgan fingerprint density at radius 2 is 1.75 bits per heavy atom. The molecule has 0 aromatic heterocycles. The Balaban J connectivity index is 1.84. The van der Waals surface area contributed by atoms with Crippen LogP contribution in [0.3, 0.4) is 0 Å². The molecule has 0 radical (unpaired) electrons. The fraction of sp³-hybridized carbons (Fsp3) is 0.200. The zero-order chi connectivity index (χ0) is 14.5. The first-order valence-electron chi connectivity index (χ1n) is 6.18. The minimum absolute atomic E-state index is 0.550. The van der Waals surface area contributed by atoms with Gasteiger partial charge in [0.25, 0.3) is 0 Å². The highest BCUT2D eigenvalue weighted by Gasteiger charge is 2.06. The summed E-state index contributed by atoms with van der Waals surface area (Å²) < 4.78 is 6.42. The van der Waals surface area contributed by atoms with Gasteiger partial charge in [-0.15, -0.1) is 0 Å². The van der Waals surface area contributed by atoms with Crippen LogP contribution in [0.2, 0.25) is 10.0 Å². The summed E-state index contributed by atoms with van der Waals surface area (Å²) in [5.74, 6) is 0.608. The summed E-state index contributed by atoms with van der Waals surface area (Å²) >= 11 is 15.4. The average Bonchev–Trinajstić information content (AvgIpc) is 2.42. The molecular weight excluding hydrogens is 361 g/mol. The molecule has 5 heteroatoms. The Morgan fingerprint density at radius 3 is 2.45 bits per heavy atom. The van der Waals surface area contributed by atoms with E-state index in [1.807, 2.05) is 24.3 Å². The molecule has 0 saturated carbocycles. The number of rotatable bonds is 5.